The van der Waals surface area contributed by atoms with Gasteiger partial charge in [-0.05, 0) is 30.3 Å². The van der Waals surface area contributed by atoms with E-state index in [0.29, 0.717) is 24.7 Å². The van der Waals surface area contributed by atoms with Crippen LogP contribution in [0.4, 0.5) is 10.1 Å². The van der Waals surface area contributed by atoms with Crippen LogP contribution in [0.2, 0.25) is 5.02 Å². The molecular formula is C20H23ClFN3O4S. The molecule has 1 amide bonds. The molecule has 1 aliphatic rings. The molecule has 1 heterocycles. The van der Waals surface area contributed by atoms with E-state index in [1.807, 2.05) is 4.90 Å². The number of nitrogens with one attached hydrogen (secondary N) is 1. The smallest absolute Gasteiger partial charge is 0.246 e. The van der Waals surface area contributed by atoms with Crippen molar-refractivity contribution >= 4 is 33.2 Å². The Hall–Kier alpha value is -2.20. The summed E-state index contributed by atoms with van der Waals surface area (Å²) in [4.78, 5) is 14.1. The van der Waals surface area contributed by atoms with Crippen LogP contribution in [-0.2, 0) is 14.8 Å². The number of rotatable bonds is 7. The molecule has 1 saturated heterocycles. The van der Waals surface area contributed by atoms with E-state index in [2.05, 4.69) is 5.32 Å². The normalized spacial score (nSPS) is 15.7. The van der Waals surface area contributed by atoms with Crippen molar-refractivity contribution in [2.45, 2.75) is 11.3 Å². The molecule has 162 valence electrons. The lowest BCUT2D eigenvalue weighted by molar-refractivity contribution is -0.116. The number of nitrogens with zero attached hydrogens (tertiary/aromatic N) is 2. The molecule has 10 heteroatoms. The minimum Gasteiger partial charge on any atom is -0.495 e. The number of carbonyl (C=O) groups excluding carboxylic acids is 1. The SMILES string of the molecule is COc1ccc(Cl)cc1S(=O)(=O)N1CCN(CCC(=O)Nc2ccccc2F)CC1. The van der Waals surface area contributed by atoms with Gasteiger partial charge in [0.15, 0.2) is 0 Å². The second-order valence-electron chi connectivity index (χ2n) is 6.82. The number of amides is 1. The minimum absolute atomic E-state index is 0.0372. The number of hydrogen-bond donors (Lipinski definition) is 1. The third-order valence-electron chi connectivity index (χ3n) is 4.88. The van der Waals surface area contributed by atoms with Gasteiger partial charge in [0.1, 0.15) is 16.5 Å². The zero-order chi connectivity index (χ0) is 21.7. The molecule has 0 saturated carbocycles. The van der Waals surface area contributed by atoms with Crippen molar-refractivity contribution in [2.24, 2.45) is 0 Å². The Morgan fingerprint density at radius 2 is 1.87 bits per heavy atom. The zero-order valence-electron chi connectivity index (χ0n) is 16.5. The Morgan fingerprint density at radius 1 is 1.17 bits per heavy atom. The number of piperazine rings is 1. The maximum absolute atomic E-state index is 13.6. The average molecular weight is 456 g/mol. The zero-order valence-corrected chi connectivity index (χ0v) is 18.0. The highest BCUT2D eigenvalue weighted by Gasteiger charge is 2.31. The molecule has 1 N–H and O–H groups in total. The Kier molecular flexibility index (Phi) is 7.30. The molecule has 1 fully saturated rings. The Morgan fingerprint density at radius 3 is 2.53 bits per heavy atom. The van der Waals surface area contributed by atoms with E-state index < -0.39 is 15.8 Å². The second kappa shape index (κ2) is 9.74. The van der Waals surface area contributed by atoms with E-state index in [4.69, 9.17) is 16.3 Å². The van der Waals surface area contributed by atoms with Gasteiger partial charge in [-0.1, -0.05) is 23.7 Å². The lowest BCUT2D eigenvalue weighted by atomic mass is 10.2. The standard InChI is InChI=1S/C20H23ClFN3O4S/c1-29-18-7-6-15(21)14-19(18)30(27,28)25-12-10-24(11-13-25)9-8-20(26)23-17-5-3-2-4-16(17)22/h2-7,14H,8-13H2,1H3,(H,23,26). The molecule has 3 rings (SSSR count). The topological polar surface area (TPSA) is 79.0 Å². The summed E-state index contributed by atoms with van der Waals surface area (Å²) in [5, 5.41) is 2.86. The summed E-state index contributed by atoms with van der Waals surface area (Å²) in [5.74, 6) is -0.536. The first-order chi connectivity index (χ1) is 14.3. The fraction of sp³-hybridized carbons (Fsp3) is 0.350. The molecule has 0 spiro atoms. The maximum atomic E-state index is 13.6. The Labute approximate surface area is 180 Å². The van der Waals surface area contributed by atoms with Crippen molar-refractivity contribution in [1.82, 2.24) is 9.21 Å². The van der Waals surface area contributed by atoms with E-state index >= 15 is 0 Å². The van der Waals surface area contributed by atoms with Crippen molar-refractivity contribution in [1.29, 1.82) is 0 Å². The molecule has 1 aliphatic heterocycles. The van der Waals surface area contributed by atoms with Crippen LogP contribution in [0.5, 0.6) is 5.75 Å². The minimum atomic E-state index is -3.75. The highest BCUT2D eigenvalue weighted by Crippen LogP contribution is 2.30. The van der Waals surface area contributed by atoms with Crippen molar-refractivity contribution in [3.63, 3.8) is 0 Å². The van der Waals surface area contributed by atoms with Crippen LogP contribution < -0.4 is 10.1 Å². The molecule has 0 radical (unpaired) electrons. The summed E-state index contributed by atoms with van der Waals surface area (Å²) in [6.45, 7) is 1.98. The number of para-hydroxylation sites is 1. The monoisotopic (exact) mass is 455 g/mol. The first kappa shape index (κ1) is 22.5. The number of carbonyl (C=O) groups is 1. The van der Waals surface area contributed by atoms with Gasteiger partial charge in [-0.25, -0.2) is 12.8 Å². The van der Waals surface area contributed by atoms with E-state index in [1.165, 1.54) is 35.7 Å². The van der Waals surface area contributed by atoms with Crippen LogP contribution in [0.15, 0.2) is 47.4 Å². The van der Waals surface area contributed by atoms with Crippen molar-refractivity contribution in [3.05, 3.63) is 53.3 Å². The second-order valence-corrected chi connectivity index (χ2v) is 9.16. The summed E-state index contributed by atoms with van der Waals surface area (Å²) in [6, 6.07) is 10.5. The van der Waals surface area contributed by atoms with E-state index in [1.54, 1.807) is 18.2 Å². The molecule has 2 aromatic carbocycles. The number of sulfonamides is 1. The quantitative estimate of drug-likeness (QED) is 0.694. The molecule has 30 heavy (non-hydrogen) atoms. The lowest BCUT2D eigenvalue weighted by Crippen LogP contribution is -2.49. The summed E-state index contributed by atoms with van der Waals surface area (Å²) in [5.41, 5.74) is 0.147. The van der Waals surface area contributed by atoms with Gasteiger partial charge in [0.25, 0.3) is 0 Å². The third-order valence-corrected chi connectivity index (χ3v) is 7.03. The van der Waals surface area contributed by atoms with Gasteiger partial charge in [-0.15, -0.1) is 0 Å². The number of anilines is 1. The summed E-state index contributed by atoms with van der Waals surface area (Å²) in [6.07, 6.45) is 0.184. The first-order valence-corrected chi connectivity index (χ1v) is 11.2. The van der Waals surface area contributed by atoms with Crippen LogP contribution in [0.25, 0.3) is 0 Å². The van der Waals surface area contributed by atoms with E-state index in [0.717, 1.165) is 0 Å². The van der Waals surface area contributed by atoms with E-state index in [9.17, 15) is 17.6 Å². The van der Waals surface area contributed by atoms with Gasteiger partial charge < -0.3 is 15.0 Å². The van der Waals surface area contributed by atoms with Gasteiger partial charge in [-0.2, -0.15) is 4.31 Å². The molecule has 7 nitrogen and oxygen atoms in total. The maximum Gasteiger partial charge on any atom is 0.246 e. The highest BCUT2D eigenvalue weighted by molar-refractivity contribution is 7.89. The van der Waals surface area contributed by atoms with Crippen molar-refractivity contribution in [2.75, 3.05) is 45.2 Å². The molecule has 0 unspecified atom stereocenters. The average Bonchev–Trinajstić information content (AvgIpc) is 2.74. The van der Waals surface area contributed by atoms with Gasteiger partial charge >= 0.3 is 0 Å². The highest BCUT2D eigenvalue weighted by atomic mass is 35.5. The van der Waals surface area contributed by atoms with E-state index in [-0.39, 0.29) is 41.7 Å². The molecular weight excluding hydrogens is 433 g/mol. The van der Waals surface area contributed by atoms with Gasteiger partial charge in [0, 0.05) is 44.2 Å². The van der Waals surface area contributed by atoms with Crippen LogP contribution in [0, 0.1) is 5.82 Å². The molecule has 0 bridgehead atoms. The summed E-state index contributed by atoms with van der Waals surface area (Å²) in [7, 11) is -2.34. The molecule has 0 aromatic heterocycles. The van der Waals surface area contributed by atoms with Crippen molar-refractivity contribution < 1.29 is 22.3 Å². The molecule has 0 aliphatic carbocycles. The lowest BCUT2D eigenvalue weighted by Gasteiger charge is -2.34. The molecule has 0 atom stereocenters. The van der Waals surface area contributed by atoms with Gasteiger partial charge in [-0.3, -0.25) is 4.79 Å². The predicted molar refractivity (Wildman–Crippen MR) is 113 cm³/mol. The Bertz CT molecular complexity index is 1010. The fourth-order valence-corrected chi connectivity index (χ4v) is 5.06. The van der Waals surface area contributed by atoms with Gasteiger partial charge in [0.2, 0.25) is 15.9 Å². The number of ether oxygens (including phenoxy) is 1. The third kappa shape index (κ3) is 5.28. The number of benzene rings is 2. The number of methoxy groups -OCH3 is 1. The fourth-order valence-electron chi connectivity index (χ4n) is 3.22. The summed E-state index contributed by atoms with van der Waals surface area (Å²) < 4.78 is 46.2. The van der Waals surface area contributed by atoms with Gasteiger partial charge in [0.05, 0.1) is 12.8 Å². The van der Waals surface area contributed by atoms with Crippen LogP contribution in [0.1, 0.15) is 6.42 Å². The van der Waals surface area contributed by atoms with Crippen LogP contribution in [0.3, 0.4) is 0 Å². The van der Waals surface area contributed by atoms with Crippen LogP contribution >= 0.6 is 11.6 Å². The summed E-state index contributed by atoms with van der Waals surface area (Å²) >= 11 is 5.97. The number of hydrogen-bond acceptors (Lipinski definition) is 5. The van der Waals surface area contributed by atoms with Crippen LogP contribution in [-0.4, -0.2) is 63.4 Å². The number of halogens is 2. The largest absolute Gasteiger partial charge is 0.495 e. The Balaban J connectivity index is 1.54. The first-order valence-electron chi connectivity index (χ1n) is 9.41. The predicted octanol–water partition coefficient (Wildman–Crippen LogP) is 2.82. The molecule has 2 aromatic rings. The van der Waals surface area contributed by atoms with Crippen molar-refractivity contribution in [3.8, 4) is 5.75 Å².